The molecule has 0 aliphatic carbocycles. The molecule has 0 amide bonds. The fraction of sp³-hybridized carbons (Fsp3) is 0.318. The van der Waals surface area contributed by atoms with Crippen LogP contribution in [-0.4, -0.2) is 38.3 Å². The van der Waals surface area contributed by atoms with E-state index in [0.29, 0.717) is 24.7 Å². The summed E-state index contributed by atoms with van der Waals surface area (Å²) in [4.78, 5) is 12.9. The average molecular weight is 379 g/mol. The lowest BCUT2D eigenvalue weighted by atomic mass is 9.96. The Kier molecular flexibility index (Phi) is 4.31. The summed E-state index contributed by atoms with van der Waals surface area (Å²) in [6.45, 7) is 2.25. The molecule has 144 valence electrons. The van der Waals surface area contributed by atoms with Gasteiger partial charge in [0.1, 0.15) is 6.61 Å². The summed E-state index contributed by atoms with van der Waals surface area (Å²) in [7, 11) is 0. The van der Waals surface area contributed by atoms with Crippen molar-refractivity contribution in [2.45, 2.75) is 18.9 Å². The van der Waals surface area contributed by atoms with Gasteiger partial charge in [0.05, 0.1) is 13.2 Å². The summed E-state index contributed by atoms with van der Waals surface area (Å²) in [6.07, 6.45) is 2.69. The Labute approximate surface area is 163 Å². The zero-order valence-electron chi connectivity index (χ0n) is 15.4. The highest BCUT2D eigenvalue weighted by molar-refractivity contribution is 6.00. The van der Waals surface area contributed by atoms with E-state index in [0.717, 1.165) is 47.7 Å². The van der Waals surface area contributed by atoms with Gasteiger partial charge in [0.25, 0.3) is 0 Å². The first-order chi connectivity index (χ1) is 13.8. The molecule has 0 radical (unpaired) electrons. The Morgan fingerprint density at radius 2 is 1.79 bits per heavy atom. The van der Waals surface area contributed by atoms with Crippen LogP contribution < -0.4 is 24.3 Å². The van der Waals surface area contributed by atoms with E-state index in [1.165, 1.54) is 0 Å². The van der Waals surface area contributed by atoms with Gasteiger partial charge in [-0.1, -0.05) is 12.1 Å². The molecule has 3 aliphatic rings. The highest BCUT2D eigenvalue weighted by Crippen LogP contribution is 2.37. The Hall–Kier alpha value is -3.15. The predicted molar refractivity (Wildman–Crippen MR) is 103 cm³/mol. The van der Waals surface area contributed by atoms with Crippen molar-refractivity contribution in [2.75, 3.05) is 26.4 Å². The van der Waals surface area contributed by atoms with Crippen molar-refractivity contribution >= 4 is 11.5 Å². The fourth-order valence-electron chi connectivity index (χ4n) is 3.66. The Morgan fingerprint density at radius 1 is 1.00 bits per heavy atom. The summed E-state index contributed by atoms with van der Waals surface area (Å²) < 4.78 is 23.1. The van der Waals surface area contributed by atoms with Crippen LogP contribution in [0.1, 0.15) is 17.5 Å². The van der Waals surface area contributed by atoms with E-state index in [1.54, 1.807) is 6.08 Å². The van der Waals surface area contributed by atoms with Crippen molar-refractivity contribution in [3.05, 3.63) is 53.6 Å². The Bertz CT molecular complexity index is 952. The fourth-order valence-corrected chi connectivity index (χ4v) is 3.66. The lowest BCUT2D eigenvalue weighted by Gasteiger charge is -2.26. The van der Waals surface area contributed by atoms with E-state index in [1.807, 2.05) is 36.4 Å². The van der Waals surface area contributed by atoms with E-state index in [4.69, 9.17) is 18.9 Å². The second-order valence-corrected chi connectivity index (χ2v) is 7.01. The zero-order valence-corrected chi connectivity index (χ0v) is 15.4. The van der Waals surface area contributed by atoms with Gasteiger partial charge in [-0.3, -0.25) is 4.79 Å². The van der Waals surface area contributed by atoms with Crippen LogP contribution in [0.3, 0.4) is 0 Å². The van der Waals surface area contributed by atoms with E-state index < -0.39 is 6.10 Å². The van der Waals surface area contributed by atoms with Crippen LogP contribution in [0.2, 0.25) is 0 Å². The van der Waals surface area contributed by atoms with Gasteiger partial charge in [-0.25, -0.2) is 0 Å². The van der Waals surface area contributed by atoms with Crippen molar-refractivity contribution in [1.82, 2.24) is 5.32 Å². The minimum atomic E-state index is -0.657. The number of carbonyl (C=O) groups excluding carboxylic acids is 1. The molecular weight excluding hydrogens is 358 g/mol. The molecule has 3 aliphatic heterocycles. The van der Waals surface area contributed by atoms with Crippen LogP contribution in [0.25, 0.3) is 5.70 Å². The summed E-state index contributed by atoms with van der Waals surface area (Å²) in [6, 6.07) is 11.4. The molecule has 3 heterocycles. The van der Waals surface area contributed by atoms with E-state index in [-0.39, 0.29) is 12.4 Å². The van der Waals surface area contributed by atoms with E-state index in [2.05, 4.69) is 5.32 Å². The van der Waals surface area contributed by atoms with Gasteiger partial charge < -0.3 is 24.3 Å². The third-order valence-electron chi connectivity index (χ3n) is 5.09. The molecule has 0 unspecified atom stereocenters. The molecule has 0 saturated heterocycles. The summed E-state index contributed by atoms with van der Waals surface area (Å²) in [5.74, 6) is 2.64. The molecule has 5 rings (SSSR count). The smallest absolute Gasteiger partial charge is 0.201 e. The monoisotopic (exact) mass is 379 g/mol. The number of rotatable bonds is 2. The van der Waals surface area contributed by atoms with Crippen molar-refractivity contribution in [1.29, 1.82) is 0 Å². The van der Waals surface area contributed by atoms with Gasteiger partial charge in [-0.05, 0) is 36.2 Å². The number of fused-ring (bicyclic) bond motifs is 3. The maximum Gasteiger partial charge on any atom is 0.201 e. The molecule has 0 bridgehead atoms. The number of ketones is 1. The maximum atomic E-state index is 12.9. The first kappa shape index (κ1) is 17.0. The predicted octanol–water partition coefficient (Wildman–Crippen LogP) is 2.74. The third kappa shape index (κ3) is 3.15. The number of hydrogen-bond acceptors (Lipinski definition) is 6. The lowest BCUT2D eigenvalue weighted by Crippen LogP contribution is -2.36. The van der Waals surface area contributed by atoms with Crippen LogP contribution in [0.15, 0.2) is 42.5 Å². The molecule has 6 nitrogen and oxygen atoms in total. The first-order valence-corrected chi connectivity index (χ1v) is 9.59. The zero-order chi connectivity index (χ0) is 18.9. The van der Waals surface area contributed by atoms with Gasteiger partial charge in [-0.15, -0.1) is 0 Å². The van der Waals surface area contributed by atoms with Gasteiger partial charge in [-0.2, -0.15) is 0 Å². The minimum absolute atomic E-state index is 0.128. The molecule has 6 heteroatoms. The lowest BCUT2D eigenvalue weighted by molar-refractivity contribution is -0.123. The molecule has 2 aromatic carbocycles. The number of nitrogens with one attached hydrogen (secondary N) is 1. The van der Waals surface area contributed by atoms with Crippen molar-refractivity contribution in [3.8, 4) is 23.0 Å². The molecule has 28 heavy (non-hydrogen) atoms. The molecule has 0 spiro atoms. The van der Waals surface area contributed by atoms with Gasteiger partial charge in [0, 0.05) is 30.3 Å². The number of para-hydroxylation sites is 2. The Morgan fingerprint density at radius 3 is 2.64 bits per heavy atom. The number of hydrogen-bond donors (Lipinski definition) is 1. The van der Waals surface area contributed by atoms with Crippen molar-refractivity contribution in [2.24, 2.45) is 0 Å². The van der Waals surface area contributed by atoms with Gasteiger partial charge >= 0.3 is 0 Å². The van der Waals surface area contributed by atoms with Crippen LogP contribution in [0.5, 0.6) is 23.0 Å². The van der Waals surface area contributed by atoms with Crippen LogP contribution in [-0.2, 0) is 11.2 Å². The first-order valence-electron chi connectivity index (χ1n) is 9.59. The van der Waals surface area contributed by atoms with Crippen molar-refractivity contribution < 1.29 is 23.7 Å². The largest absolute Gasteiger partial charge is 0.490 e. The van der Waals surface area contributed by atoms with Gasteiger partial charge in [0.2, 0.25) is 5.78 Å². The maximum absolute atomic E-state index is 12.9. The summed E-state index contributed by atoms with van der Waals surface area (Å²) >= 11 is 0. The molecule has 0 saturated carbocycles. The number of ether oxygens (including phenoxy) is 4. The quantitative estimate of drug-likeness (QED) is 0.810. The van der Waals surface area contributed by atoms with E-state index >= 15 is 0 Å². The van der Waals surface area contributed by atoms with Crippen LogP contribution in [0.4, 0.5) is 0 Å². The topological polar surface area (TPSA) is 66.0 Å². The second-order valence-electron chi connectivity index (χ2n) is 7.01. The second kappa shape index (κ2) is 7.11. The molecule has 0 fully saturated rings. The van der Waals surface area contributed by atoms with Crippen molar-refractivity contribution in [3.63, 3.8) is 0 Å². The summed E-state index contributed by atoms with van der Waals surface area (Å²) in [5, 5.41) is 3.33. The standard InChI is InChI=1S/C22H21NO5/c24-17(22-13-27-18-4-1-2-5-19(18)28-22)12-16-15-11-21-20(25-8-3-9-26-21)10-14(15)6-7-23-16/h1-2,4-5,10-12,22-23H,3,6-9,13H2/b16-12-/t22-/m1/s1. The SMILES string of the molecule is O=C(/C=C1\NCCc2cc3c(cc21)OCCCO3)[C@H]1COc2ccccc2O1. The number of benzene rings is 2. The number of carbonyl (C=O) groups is 1. The molecular formula is C22H21NO5. The molecule has 0 aromatic heterocycles. The Balaban J connectivity index is 1.42. The third-order valence-corrected chi connectivity index (χ3v) is 5.09. The highest BCUT2D eigenvalue weighted by Gasteiger charge is 2.27. The molecule has 2 aromatic rings. The van der Waals surface area contributed by atoms with Crippen LogP contribution >= 0.6 is 0 Å². The summed E-state index contributed by atoms with van der Waals surface area (Å²) in [5.41, 5.74) is 2.90. The van der Waals surface area contributed by atoms with E-state index in [9.17, 15) is 4.79 Å². The minimum Gasteiger partial charge on any atom is -0.490 e. The van der Waals surface area contributed by atoms with Gasteiger partial charge in [0.15, 0.2) is 29.1 Å². The van der Waals surface area contributed by atoms with Crippen LogP contribution in [0, 0.1) is 0 Å². The highest BCUT2D eigenvalue weighted by atomic mass is 16.6. The molecule has 1 N–H and O–H groups in total. The molecule has 1 atom stereocenters. The average Bonchev–Trinajstić information content (AvgIpc) is 2.97. The normalized spacial score (nSPS) is 21.3.